The molecule has 17 heavy (non-hydrogen) atoms. The predicted molar refractivity (Wildman–Crippen MR) is 67.2 cm³/mol. The number of fused-ring (bicyclic) bond motifs is 1. The van der Waals surface area contributed by atoms with Crippen molar-refractivity contribution in [3.63, 3.8) is 0 Å². The lowest BCUT2D eigenvalue weighted by molar-refractivity contribution is -0.382. The molecule has 0 amide bonds. The van der Waals surface area contributed by atoms with Crippen LogP contribution in [0.15, 0.2) is 30.5 Å². The zero-order valence-corrected chi connectivity index (χ0v) is 9.68. The van der Waals surface area contributed by atoms with Gasteiger partial charge in [0.05, 0.1) is 15.8 Å². The van der Waals surface area contributed by atoms with Gasteiger partial charge in [-0.05, 0) is 38.1 Å². The van der Waals surface area contributed by atoms with Gasteiger partial charge in [-0.25, -0.2) is 0 Å². The van der Waals surface area contributed by atoms with Crippen LogP contribution in [0.3, 0.4) is 0 Å². The summed E-state index contributed by atoms with van der Waals surface area (Å²) in [6.07, 6.45) is 1.63. The lowest BCUT2D eigenvalue weighted by atomic mass is 10.1. The molecule has 0 radical (unpaired) electrons. The average molecular weight is 231 g/mol. The number of nitrogens with one attached hydrogen (secondary N) is 1. The van der Waals surface area contributed by atoms with Crippen LogP contribution in [0, 0.1) is 10.1 Å². The highest BCUT2D eigenvalue weighted by atomic mass is 16.6. The van der Waals surface area contributed by atoms with Gasteiger partial charge >= 0.3 is 5.69 Å². The largest absolute Gasteiger partial charge is 0.377 e. The Hall–Kier alpha value is -2.17. The van der Waals surface area contributed by atoms with Crippen LogP contribution in [0.4, 0.5) is 11.4 Å². The molecule has 0 aliphatic heterocycles. The monoisotopic (exact) mass is 231 g/mol. The van der Waals surface area contributed by atoms with Gasteiger partial charge in [0, 0.05) is 12.2 Å². The number of pyridine rings is 1. The maximum Gasteiger partial charge on any atom is 0.301 e. The van der Waals surface area contributed by atoms with Crippen molar-refractivity contribution >= 4 is 22.3 Å². The normalized spacial score (nSPS) is 10.8. The van der Waals surface area contributed by atoms with E-state index in [1.807, 2.05) is 13.8 Å². The predicted octanol–water partition coefficient (Wildman–Crippen LogP) is 2.96. The van der Waals surface area contributed by atoms with E-state index < -0.39 is 0 Å². The second-order valence-electron chi connectivity index (χ2n) is 4.09. The summed E-state index contributed by atoms with van der Waals surface area (Å²) in [6.45, 7) is 3.88. The minimum Gasteiger partial charge on any atom is -0.377 e. The van der Waals surface area contributed by atoms with Gasteiger partial charge in [-0.3, -0.25) is 15.1 Å². The third-order valence-electron chi connectivity index (χ3n) is 2.38. The molecule has 5 heteroatoms. The van der Waals surface area contributed by atoms with Crippen LogP contribution in [0.2, 0.25) is 0 Å². The van der Waals surface area contributed by atoms with Crippen LogP contribution in [-0.4, -0.2) is 15.9 Å². The van der Waals surface area contributed by atoms with Gasteiger partial charge in [0.2, 0.25) is 0 Å². The van der Waals surface area contributed by atoms with Crippen LogP contribution in [0.5, 0.6) is 0 Å². The van der Waals surface area contributed by atoms with Gasteiger partial charge < -0.3 is 5.32 Å². The van der Waals surface area contributed by atoms with Crippen molar-refractivity contribution in [2.45, 2.75) is 19.9 Å². The second-order valence-corrected chi connectivity index (χ2v) is 4.09. The zero-order valence-electron chi connectivity index (χ0n) is 9.68. The zero-order chi connectivity index (χ0) is 12.4. The smallest absolute Gasteiger partial charge is 0.301 e. The molecule has 1 N–H and O–H groups in total. The summed E-state index contributed by atoms with van der Waals surface area (Å²) >= 11 is 0. The Morgan fingerprint density at radius 3 is 2.76 bits per heavy atom. The number of anilines is 1. The fraction of sp³-hybridized carbons (Fsp3) is 0.250. The molecule has 88 valence electrons. The molecular formula is C12H13N3O2. The molecular weight excluding hydrogens is 218 g/mol. The summed E-state index contributed by atoms with van der Waals surface area (Å²) in [5.74, 6) is 0. The number of hydrogen-bond acceptors (Lipinski definition) is 4. The first-order chi connectivity index (χ1) is 8.09. The van der Waals surface area contributed by atoms with E-state index in [0.717, 1.165) is 0 Å². The van der Waals surface area contributed by atoms with Crippen LogP contribution in [0.1, 0.15) is 13.8 Å². The van der Waals surface area contributed by atoms with E-state index in [2.05, 4.69) is 10.3 Å². The van der Waals surface area contributed by atoms with Gasteiger partial charge in [-0.1, -0.05) is 0 Å². The topological polar surface area (TPSA) is 68.1 Å². The number of hydrogen-bond donors (Lipinski definition) is 1. The molecule has 5 nitrogen and oxygen atoms in total. The molecule has 0 spiro atoms. The Morgan fingerprint density at radius 1 is 1.35 bits per heavy atom. The number of nitro benzene ring substituents is 1. The first-order valence-electron chi connectivity index (χ1n) is 5.38. The number of rotatable bonds is 3. The van der Waals surface area contributed by atoms with Crippen LogP contribution in [0.25, 0.3) is 10.9 Å². The Balaban J connectivity index is 2.68. The van der Waals surface area contributed by atoms with Crippen molar-refractivity contribution in [1.29, 1.82) is 0 Å². The molecule has 0 aliphatic carbocycles. The Kier molecular flexibility index (Phi) is 2.91. The molecule has 0 fully saturated rings. The van der Waals surface area contributed by atoms with Crippen molar-refractivity contribution in [2.75, 3.05) is 5.32 Å². The van der Waals surface area contributed by atoms with Gasteiger partial charge in [0.1, 0.15) is 5.69 Å². The standard InChI is InChI=1S/C12H13N3O2/c1-8(2)14-11-6-5-10-9(4-3-7-13-10)12(11)15(16)17/h3-8,14H,1-2H3. The summed E-state index contributed by atoms with van der Waals surface area (Å²) in [5.41, 5.74) is 1.25. The average Bonchev–Trinajstić information content (AvgIpc) is 2.27. The Labute approximate surface area is 98.6 Å². The second kappa shape index (κ2) is 4.37. The third-order valence-corrected chi connectivity index (χ3v) is 2.38. The molecule has 0 saturated carbocycles. The van der Waals surface area contributed by atoms with E-state index in [-0.39, 0.29) is 16.7 Å². The highest BCUT2D eigenvalue weighted by Crippen LogP contribution is 2.32. The Bertz CT molecular complexity index is 567. The van der Waals surface area contributed by atoms with Crippen LogP contribution >= 0.6 is 0 Å². The lowest BCUT2D eigenvalue weighted by Gasteiger charge is -2.11. The summed E-state index contributed by atoms with van der Waals surface area (Å²) in [4.78, 5) is 14.9. The quantitative estimate of drug-likeness (QED) is 0.651. The molecule has 0 atom stereocenters. The van der Waals surface area contributed by atoms with Crippen LogP contribution < -0.4 is 5.32 Å². The lowest BCUT2D eigenvalue weighted by Crippen LogP contribution is -2.11. The fourth-order valence-corrected chi connectivity index (χ4v) is 1.76. The molecule has 2 rings (SSSR count). The van der Waals surface area contributed by atoms with E-state index in [4.69, 9.17) is 0 Å². The summed E-state index contributed by atoms with van der Waals surface area (Å²) < 4.78 is 0. The summed E-state index contributed by atoms with van der Waals surface area (Å²) in [7, 11) is 0. The maximum absolute atomic E-state index is 11.2. The first kappa shape index (κ1) is 11.3. The molecule has 0 aliphatic rings. The number of benzene rings is 1. The van der Waals surface area contributed by atoms with E-state index in [1.165, 1.54) is 0 Å². The summed E-state index contributed by atoms with van der Waals surface area (Å²) in [5, 5.41) is 14.8. The Morgan fingerprint density at radius 2 is 2.12 bits per heavy atom. The van der Waals surface area contributed by atoms with E-state index in [0.29, 0.717) is 16.6 Å². The van der Waals surface area contributed by atoms with Crippen LogP contribution in [-0.2, 0) is 0 Å². The molecule has 1 aromatic heterocycles. The van der Waals surface area contributed by atoms with E-state index in [1.54, 1.807) is 30.5 Å². The third kappa shape index (κ3) is 2.18. The van der Waals surface area contributed by atoms with Crippen molar-refractivity contribution in [3.8, 4) is 0 Å². The highest BCUT2D eigenvalue weighted by Gasteiger charge is 2.18. The molecule has 0 bridgehead atoms. The van der Waals surface area contributed by atoms with Gasteiger partial charge in [-0.15, -0.1) is 0 Å². The number of nitrogens with zero attached hydrogens (tertiary/aromatic N) is 2. The molecule has 1 heterocycles. The van der Waals surface area contributed by atoms with Crippen molar-refractivity contribution in [1.82, 2.24) is 4.98 Å². The van der Waals surface area contributed by atoms with Crippen molar-refractivity contribution < 1.29 is 4.92 Å². The van der Waals surface area contributed by atoms with Crippen molar-refractivity contribution in [2.24, 2.45) is 0 Å². The minimum atomic E-state index is -0.366. The van der Waals surface area contributed by atoms with Crippen molar-refractivity contribution in [3.05, 3.63) is 40.6 Å². The van der Waals surface area contributed by atoms with E-state index in [9.17, 15) is 10.1 Å². The molecule has 1 aromatic carbocycles. The number of aromatic nitrogens is 1. The maximum atomic E-state index is 11.2. The molecule has 0 saturated heterocycles. The fourth-order valence-electron chi connectivity index (χ4n) is 1.76. The van der Waals surface area contributed by atoms with Gasteiger partial charge in [-0.2, -0.15) is 0 Å². The molecule has 0 unspecified atom stereocenters. The summed E-state index contributed by atoms with van der Waals surface area (Å²) in [6, 6.07) is 7.05. The number of nitro groups is 1. The van der Waals surface area contributed by atoms with Gasteiger partial charge in [0.25, 0.3) is 0 Å². The molecule has 2 aromatic rings. The highest BCUT2D eigenvalue weighted by molar-refractivity contribution is 5.94. The minimum absolute atomic E-state index is 0.0873. The van der Waals surface area contributed by atoms with Gasteiger partial charge in [0.15, 0.2) is 0 Å². The van der Waals surface area contributed by atoms with E-state index >= 15 is 0 Å². The SMILES string of the molecule is CC(C)Nc1ccc2ncccc2c1[N+](=O)[O-]. The first-order valence-corrected chi connectivity index (χ1v) is 5.38.